The number of benzene rings is 2. The number of carbonyl (C=O) groups excluding carboxylic acids is 3. The zero-order valence-electron chi connectivity index (χ0n) is 15.0. The fraction of sp³-hybridized carbons (Fsp3) is 0.211. The van der Waals surface area contributed by atoms with E-state index >= 15 is 0 Å². The summed E-state index contributed by atoms with van der Waals surface area (Å²) in [6.45, 7) is 1.57. The number of urea groups is 1. The predicted octanol–water partition coefficient (Wildman–Crippen LogP) is 3.20. The fourth-order valence-electron chi connectivity index (χ4n) is 2.38. The number of carbonyl (C=O) groups is 3. The van der Waals surface area contributed by atoms with Gasteiger partial charge in [-0.2, -0.15) is 0 Å². The highest BCUT2D eigenvalue weighted by molar-refractivity contribution is 6.35. The lowest BCUT2D eigenvalue weighted by atomic mass is 10.1. The zero-order valence-corrected chi connectivity index (χ0v) is 16.5. The van der Waals surface area contributed by atoms with Crippen LogP contribution in [0.5, 0.6) is 0 Å². The van der Waals surface area contributed by atoms with Crippen LogP contribution < -0.4 is 16.4 Å². The lowest BCUT2D eigenvalue weighted by molar-refractivity contribution is -0.124. The average molecular weight is 424 g/mol. The Labute approximate surface area is 172 Å². The Kier molecular flexibility index (Phi) is 7.66. The van der Waals surface area contributed by atoms with E-state index in [-0.39, 0.29) is 18.2 Å². The van der Waals surface area contributed by atoms with Gasteiger partial charge in [0.1, 0.15) is 0 Å². The molecule has 28 heavy (non-hydrogen) atoms. The van der Waals surface area contributed by atoms with Crippen molar-refractivity contribution in [2.75, 3.05) is 6.61 Å². The minimum atomic E-state index is -0.637. The van der Waals surface area contributed by atoms with E-state index in [4.69, 9.17) is 33.7 Å². The van der Waals surface area contributed by atoms with E-state index < -0.39 is 24.5 Å². The van der Waals surface area contributed by atoms with Crippen LogP contribution in [-0.2, 0) is 16.1 Å². The third-order valence-electron chi connectivity index (χ3n) is 3.80. The molecular formula is C19H19Cl2N3O4. The molecule has 148 valence electrons. The van der Waals surface area contributed by atoms with Crippen LogP contribution in [0.2, 0.25) is 10.0 Å². The monoisotopic (exact) mass is 423 g/mol. The van der Waals surface area contributed by atoms with Crippen molar-refractivity contribution in [1.29, 1.82) is 0 Å². The van der Waals surface area contributed by atoms with Gasteiger partial charge in [-0.15, -0.1) is 0 Å². The highest BCUT2D eigenvalue weighted by atomic mass is 35.5. The Morgan fingerprint density at radius 2 is 1.79 bits per heavy atom. The van der Waals surface area contributed by atoms with Crippen molar-refractivity contribution >= 4 is 41.1 Å². The second kappa shape index (κ2) is 9.96. The smallest absolute Gasteiger partial charge is 0.338 e. The second-order valence-electron chi connectivity index (χ2n) is 5.95. The van der Waals surface area contributed by atoms with Crippen LogP contribution in [0.4, 0.5) is 4.79 Å². The lowest BCUT2D eigenvalue weighted by Gasteiger charge is -2.16. The van der Waals surface area contributed by atoms with Gasteiger partial charge in [-0.3, -0.25) is 4.79 Å². The van der Waals surface area contributed by atoms with Crippen LogP contribution >= 0.6 is 23.2 Å². The third kappa shape index (κ3) is 6.44. The van der Waals surface area contributed by atoms with E-state index in [1.807, 2.05) is 0 Å². The average Bonchev–Trinajstić information content (AvgIpc) is 2.64. The standard InChI is InChI=1S/C19H19Cl2N3O4/c1-11(15-7-6-14(20)8-16(15)21)24-17(25)10-28-18(26)13-4-2-12(3-5-13)9-23-19(22)27/h2-8,11H,9-10H2,1H3,(H,24,25)(H3,22,23,27). The molecule has 0 aliphatic heterocycles. The topological polar surface area (TPSA) is 111 Å². The van der Waals surface area contributed by atoms with Crippen LogP contribution in [-0.4, -0.2) is 24.5 Å². The van der Waals surface area contributed by atoms with Crippen LogP contribution in [0, 0.1) is 0 Å². The molecule has 0 aliphatic rings. The summed E-state index contributed by atoms with van der Waals surface area (Å²) in [6.07, 6.45) is 0. The number of ether oxygens (including phenoxy) is 1. The summed E-state index contributed by atoms with van der Waals surface area (Å²) < 4.78 is 5.02. The van der Waals surface area contributed by atoms with Crippen molar-refractivity contribution in [1.82, 2.24) is 10.6 Å². The SMILES string of the molecule is CC(NC(=O)COC(=O)c1ccc(CNC(N)=O)cc1)c1ccc(Cl)cc1Cl. The molecule has 0 bridgehead atoms. The van der Waals surface area contributed by atoms with Gasteiger partial charge in [-0.25, -0.2) is 9.59 Å². The Morgan fingerprint density at radius 3 is 2.39 bits per heavy atom. The Balaban J connectivity index is 1.84. The van der Waals surface area contributed by atoms with Gasteiger partial charge in [-0.1, -0.05) is 41.4 Å². The van der Waals surface area contributed by atoms with E-state index in [0.29, 0.717) is 15.6 Å². The molecule has 0 saturated heterocycles. The van der Waals surface area contributed by atoms with Crippen LogP contribution in [0.25, 0.3) is 0 Å². The summed E-state index contributed by atoms with van der Waals surface area (Å²) in [7, 11) is 0. The van der Waals surface area contributed by atoms with E-state index in [1.54, 1.807) is 37.3 Å². The number of esters is 1. The molecule has 1 unspecified atom stereocenters. The van der Waals surface area contributed by atoms with Crippen molar-refractivity contribution in [3.63, 3.8) is 0 Å². The van der Waals surface area contributed by atoms with Gasteiger partial charge in [0, 0.05) is 16.6 Å². The molecule has 0 aliphatic carbocycles. The van der Waals surface area contributed by atoms with Gasteiger partial charge >= 0.3 is 12.0 Å². The maximum absolute atomic E-state index is 12.0. The number of nitrogens with two attached hydrogens (primary N) is 1. The molecule has 2 rings (SSSR count). The number of nitrogens with one attached hydrogen (secondary N) is 2. The van der Waals surface area contributed by atoms with Gasteiger partial charge in [0.05, 0.1) is 11.6 Å². The van der Waals surface area contributed by atoms with Crippen molar-refractivity contribution in [3.05, 3.63) is 69.2 Å². The molecule has 0 saturated carbocycles. The maximum atomic E-state index is 12.0. The first-order valence-corrected chi connectivity index (χ1v) is 9.05. The molecule has 2 aromatic rings. The number of halogens is 2. The van der Waals surface area contributed by atoms with Crippen LogP contribution in [0.15, 0.2) is 42.5 Å². The zero-order chi connectivity index (χ0) is 20.7. The second-order valence-corrected chi connectivity index (χ2v) is 6.79. The minimum absolute atomic E-state index is 0.248. The molecule has 1 atom stereocenters. The fourth-order valence-corrected chi connectivity index (χ4v) is 2.95. The van der Waals surface area contributed by atoms with Crippen LogP contribution in [0.3, 0.4) is 0 Å². The Bertz CT molecular complexity index is 872. The molecule has 0 radical (unpaired) electrons. The summed E-state index contributed by atoms with van der Waals surface area (Å²) >= 11 is 12.0. The molecule has 3 amide bonds. The van der Waals surface area contributed by atoms with Gasteiger partial charge in [0.2, 0.25) is 0 Å². The summed E-state index contributed by atoms with van der Waals surface area (Å²) in [5.74, 6) is -1.10. The maximum Gasteiger partial charge on any atom is 0.338 e. The highest BCUT2D eigenvalue weighted by Gasteiger charge is 2.15. The van der Waals surface area contributed by atoms with Gasteiger partial charge in [0.15, 0.2) is 6.61 Å². The summed E-state index contributed by atoms with van der Waals surface area (Å²) in [5.41, 5.74) is 6.74. The number of primary amides is 1. The Hall–Kier alpha value is -2.77. The lowest BCUT2D eigenvalue weighted by Crippen LogP contribution is -2.31. The first-order valence-electron chi connectivity index (χ1n) is 8.30. The van der Waals surface area contributed by atoms with Gasteiger partial charge < -0.3 is 21.1 Å². The molecular weight excluding hydrogens is 405 g/mol. The summed E-state index contributed by atoms with van der Waals surface area (Å²) in [5, 5.41) is 6.08. The van der Waals surface area contributed by atoms with Crippen molar-refractivity contribution < 1.29 is 19.1 Å². The molecule has 2 aromatic carbocycles. The van der Waals surface area contributed by atoms with E-state index in [9.17, 15) is 14.4 Å². The Morgan fingerprint density at radius 1 is 1.11 bits per heavy atom. The van der Waals surface area contributed by atoms with Gasteiger partial charge in [-0.05, 0) is 42.3 Å². The van der Waals surface area contributed by atoms with Crippen molar-refractivity contribution in [2.45, 2.75) is 19.5 Å². The van der Waals surface area contributed by atoms with E-state index in [0.717, 1.165) is 5.56 Å². The molecule has 9 heteroatoms. The minimum Gasteiger partial charge on any atom is -0.452 e. The first-order chi connectivity index (χ1) is 13.3. The van der Waals surface area contributed by atoms with E-state index in [2.05, 4.69) is 10.6 Å². The molecule has 0 fully saturated rings. The number of amides is 3. The number of rotatable bonds is 7. The largest absolute Gasteiger partial charge is 0.452 e. The van der Waals surface area contributed by atoms with Crippen molar-refractivity contribution in [3.8, 4) is 0 Å². The van der Waals surface area contributed by atoms with Gasteiger partial charge in [0.25, 0.3) is 5.91 Å². The molecule has 4 N–H and O–H groups in total. The summed E-state index contributed by atoms with van der Waals surface area (Å²) in [4.78, 5) is 34.8. The quantitative estimate of drug-likeness (QED) is 0.593. The predicted molar refractivity (Wildman–Crippen MR) is 106 cm³/mol. The van der Waals surface area contributed by atoms with E-state index in [1.165, 1.54) is 12.1 Å². The first kappa shape index (κ1) is 21.5. The highest BCUT2D eigenvalue weighted by Crippen LogP contribution is 2.26. The molecule has 0 heterocycles. The third-order valence-corrected chi connectivity index (χ3v) is 4.36. The molecule has 7 nitrogen and oxygen atoms in total. The van der Waals surface area contributed by atoms with Crippen molar-refractivity contribution in [2.24, 2.45) is 5.73 Å². The van der Waals surface area contributed by atoms with Crippen LogP contribution in [0.1, 0.15) is 34.5 Å². The summed E-state index contributed by atoms with van der Waals surface area (Å²) in [6, 6.07) is 10.3. The normalized spacial score (nSPS) is 11.4. The number of hydrogen-bond acceptors (Lipinski definition) is 4. The molecule has 0 aromatic heterocycles. The number of hydrogen-bond donors (Lipinski definition) is 3. The molecule has 0 spiro atoms.